The van der Waals surface area contributed by atoms with Crippen molar-refractivity contribution >= 4 is 11.7 Å². The molecule has 0 radical (unpaired) electrons. The second-order valence-corrected chi connectivity index (χ2v) is 4.09. The monoisotopic (exact) mass is 180 g/mol. The number of nitrogens with zero attached hydrogens (tertiary/aromatic N) is 3. The lowest BCUT2D eigenvalue weighted by Crippen LogP contribution is -2.28. The van der Waals surface area contributed by atoms with Crippen molar-refractivity contribution in [1.82, 2.24) is 9.78 Å². The second-order valence-electron chi connectivity index (χ2n) is 4.09. The summed E-state index contributed by atoms with van der Waals surface area (Å²) in [5.41, 5.74) is 5.69. The minimum Gasteiger partial charge on any atom is -0.387 e. The van der Waals surface area contributed by atoms with Gasteiger partial charge in [0.2, 0.25) is 0 Å². The zero-order valence-electron chi connectivity index (χ0n) is 8.57. The van der Waals surface area contributed by atoms with Crippen LogP contribution >= 0.6 is 0 Å². The summed E-state index contributed by atoms with van der Waals surface area (Å²) in [4.78, 5) is 4.21. The molecule has 72 valence electrons. The van der Waals surface area contributed by atoms with E-state index in [1.165, 1.54) is 0 Å². The van der Waals surface area contributed by atoms with Crippen LogP contribution in [0.4, 0.5) is 5.82 Å². The molecule has 0 spiro atoms. The molecule has 0 aliphatic rings. The smallest absolute Gasteiger partial charge is 0.175 e. The number of rotatable bonds is 1. The van der Waals surface area contributed by atoms with Gasteiger partial charge in [-0.25, -0.2) is 4.99 Å². The van der Waals surface area contributed by atoms with Crippen LogP contribution in [0.1, 0.15) is 20.8 Å². The third-order valence-corrected chi connectivity index (χ3v) is 1.70. The van der Waals surface area contributed by atoms with Gasteiger partial charge in [-0.05, 0) is 0 Å². The molecule has 1 aromatic rings. The van der Waals surface area contributed by atoms with Crippen molar-refractivity contribution in [2.24, 2.45) is 23.2 Å². The summed E-state index contributed by atoms with van der Waals surface area (Å²) >= 11 is 0. The lowest BCUT2D eigenvalue weighted by Gasteiger charge is -2.16. The molecule has 13 heavy (non-hydrogen) atoms. The van der Waals surface area contributed by atoms with Crippen LogP contribution < -0.4 is 5.73 Å². The number of aryl methyl sites for hydroxylation is 1. The van der Waals surface area contributed by atoms with E-state index in [-0.39, 0.29) is 5.41 Å². The Labute approximate surface area is 78.5 Å². The van der Waals surface area contributed by atoms with Gasteiger partial charge in [0.05, 0.1) is 0 Å². The zero-order chi connectivity index (χ0) is 10.1. The van der Waals surface area contributed by atoms with Crippen LogP contribution in [0.15, 0.2) is 17.3 Å². The first-order chi connectivity index (χ1) is 5.89. The Hall–Kier alpha value is -1.32. The van der Waals surface area contributed by atoms with E-state index in [0.717, 1.165) is 0 Å². The van der Waals surface area contributed by atoms with Crippen molar-refractivity contribution in [2.45, 2.75) is 20.8 Å². The van der Waals surface area contributed by atoms with E-state index in [4.69, 9.17) is 5.73 Å². The lowest BCUT2D eigenvalue weighted by molar-refractivity contribution is 0.584. The predicted octanol–water partition coefficient (Wildman–Crippen LogP) is 1.45. The first kappa shape index (κ1) is 9.77. The average Bonchev–Trinajstić information content (AvgIpc) is 2.33. The molecular weight excluding hydrogens is 164 g/mol. The van der Waals surface area contributed by atoms with Gasteiger partial charge >= 0.3 is 0 Å². The summed E-state index contributed by atoms with van der Waals surface area (Å²) in [6.45, 7) is 6.07. The largest absolute Gasteiger partial charge is 0.387 e. The topological polar surface area (TPSA) is 56.2 Å². The Balaban J connectivity index is 2.89. The Bertz CT molecular complexity index is 317. The predicted molar refractivity (Wildman–Crippen MR) is 53.9 cm³/mol. The van der Waals surface area contributed by atoms with Gasteiger partial charge in [0.25, 0.3) is 0 Å². The number of aliphatic imine (C=N–C) groups is 1. The molecule has 1 aromatic heterocycles. The molecule has 1 rings (SSSR count). The SMILES string of the molecule is Cn1ccc(N=C(N)C(C)(C)C)n1. The van der Waals surface area contributed by atoms with E-state index in [1.807, 2.05) is 40.1 Å². The van der Waals surface area contributed by atoms with Crippen LogP contribution in [-0.4, -0.2) is 15.6 Å². The number of aromatic nitrogens is 2. The van der Waals surface area contributed by atoms with Crippen LogP contribution in [0, 0.1) is 5.41 Å². The summed E-state index contributed by atoms with van der Waals surface area (Å²) in [6, 6.07) is 1.83. The van der Waals surface area contributed by atoms with E-state index in [9.17, 15) is 0 Å². The Morgan fingerprint density at radius 2 is 2.15 bits per heavy atom. The fourth-order valence-electron chi connectivity index (χ4n) is 0.754. The molecule has 0 fully saturated rings. The normalized spacial score (nSPS) is 13.4. The van der Waals surface area contributed by atoms with Crippen molar-refractivity contribution in [3.63, 3.8) is 0 Å². The highest BCUT2D eigenvalue weighted by atomic mass is 15.3. The standard InChI is InChI=1S/C9H16N4/c1-9(2,3)8(10)11-7-5-6-13(4)12-7/h5-6H,1-4H3,(H2,10,11,12). The number of hydrogen-bond acceptors (Lipinski definition) is 2. The summed E-state index contributed by atoms with van der Waals surface area (Å²) in [5, 5.41) is 4.11. The van der Waals surface area contributed by atoms with E-state index in [1.54, 1.807) is 4.68 Å². The molecular formula is C9H16N4. The Morgan fingerprint density at radius 1 is 1.54 bits per heavy atom. The quantitative estimate of drug-likeness (QED) is 0.525. The van der Waals surface area contributed by atoms with Crippen molar-refractivity contribution in [1.29, 1.82) is 0 Å². The molecule has 1 heterocycles. The van der Waals surface area contributed by atoms with Crippen LogP contribution in [-0.2, 0) is 7.05 Å². The highest BCUT2D eigenvalue weighted by molar-refractivity contribution is 5.87. The van der Waals surface area contributed by atoms with Gasteiger partial charge in [0.1, 0.15) is 5.84 Å². The van der Waals surface area contributed by atoms with Gasteiger partial charge in [-0.3, -0.25) is 4.68 Å². The summed E-state index contributed by atoms with van der Waals surface area (Å²) in [7, 11) is 1.85. The third-order valence-electron chi connectivity index (χ3n) is 1.70. The minimum atomic E-state index is -0.0997. The summed E-state index contributed by atoms with van der Waals surface area (Å²) in [6.07, 6.45) is 1.84. The number of nitrogens with two attached hydrogens (primary N) is 1. The van der Waals surface area contributed by atoms with E-state index < -0.39 is 0 Å². The van der Waals surface area contributed by atoms with Crippen LogP contribution in [0.5, 0.6) is 0 Å². The first-order valence-electron chi connectivity index (χ1n) is 4.24. The van der Waals surface area contributed by atoms with E-state index in [0.29, 0.717) is 11.7 Å². The maximum atomic E-state index is 5.79. The molecule has 4 nitrogen and oxygen atoms in total. The summed E-state index contributed by atoms with van der Waals surface area (Å²) in [5.74, 6) is 1.26. The molecule has 0 saturated carbocycles. The number of amidine groups is 1. The average molecular weight is 180 g/mol. The van der Waals surface area contributed by atoms with Gasteiger partial charge in [-0.1, -0.05) is 20.8 Å². The molecule has 2 N–H and O–H groups in total. The van der Waals surface area contributed by atoms with Crippen LogP contribution in [0.2, 0.25) is 0 Å². The molecule has 0 aromatic carbocycles. The van der Waals surface area contributed by atoms with Crippen molar-refractivity contribution in [2.75, 3.05) is 0 Å². The van der Waals surface area contributed by atoms with Gasteiger partial charge in [0.15, 0.2) is 5.82 Å². The summed E-state index contributed by atoms with van der Waals surface area (Å²) < 4.78 is 1.70. The Morgan fingerprint density at radius 3 is 2.54 bits per heavy atom. The van der Waals surface area contributed by atoms with Gasteiger partial charge < -0.3 is 5.73 Å². The van der Waals surface area contributed by atoms with E-state index >= 15 is 0 Å². The lowest BCUT2D eigenvalue weighted by atomic mass is 9.95. The molecule has 0 saturated heterocycles. The second kappa shape index (κ2) is 3.20. The maximum absolute atomic E-state index is 5.79. The van der Waals surface area contributed by atoms with Crippen molar-refractivity contribution in [3.8, 4) is 0 Å². The minimum absolute atomic E-state index is 0.0997. The third kappa shape index (κ3) is 2.57. The molecule has 0 bridgehead atoms. The van der Waals surface area contributed by atoms with E-state index in [2.05, 4.69) is 10.1 Å². The van der Waals surface area contributed by atoms with Gasteiger partial charge in [-0.15, -0.1) is 0 Å². The molecule has 0 amide bonds. The number of hydrogen-bond donors (Lipinski definition) is 1. The highest BCUT2D eigenvalue weighted by Crippen LogP contribution is 2.16. The first-order valence-corrected chi connectivity index (χ1v) is 4.24. The van der Waals surface area contributed by atoms with Gasteiger partial charge in [0, 0.05) is 24.7 Å². The van der Waals surface area contributed by atoms with Crippen molar-refractivity contribution < 1.29 is 0 Å². The zero-order valence-corrected chi connectivity index (χ0v) is 8.57. The van der Waals surface area contributed by atoms with Gasteiger partial charge in [-0.2, -0.15) is 5.10 Å². The molecule has 0 aliphatic heterocycles. The highest BCUT2D eigenvalue weighted by Gasteiger charge is 2.15. The fraction of sp³-hybridized carbons (Fsp3) is 0.556. The molecule has 0 aliphatic carbocycles. The molecule has 4 heteroatoms. The maximum Gasteiger partial charge on any atom is 0.175 e. The molecule has 0 unspecified atom stereocenters. The van der Waals surface area contributed by atoms with Crippen LogP contribution in [0.3, 0.4) is 0 Å². The van der Waals surface area contributed by atoms with Crippen LogP contribution in [0.25, 0.3) is 0 Å². The Kier molecular flexibility index (Phi) is 2.40. The van der Waals surface area contributed by atoms with Crippen molar-refractivity contribution in [3.05, 3.63) is 12.3 Å². The fourth-order valence-corrected chi connectivity index (χ4v) is 0.754. The molecule has 0 atom stereocenters.